The minimum Gasteiger partial charge on any atom is -0.489 e. The molecule has 3 aromatic rings. The Morgan fingerprint density at radius 1 is 1.00 bits per heavy atom. The van der Waals surface area contributed by atoms with Crippen LogP contribution in [0.1, 0.15) is 17.2 Å². The molecule has 0 N–H and O–H groups in total. The summed E-state index contributed by atoms with van der Waals surface area (Å²) in [5.41, 5.74) is 2.10. The van der Waals surface area contributed by atoms with Crippen LogP contribution >= 0.6 is 0 Å². The van der Waals surface area contributed by atoms with Crippen LogP contribution in [0.15, 0.2) is 78.9 Å². The van der Waals surface area contributed by atoms with Crippen molar-refractivity contribution in [3.8, 4) is 5.75 Å². The van der Waals surface area contributed by atoms with E-state index in [4.69, 9.17) is 14.2 Å². The summed E-state index contributed by atoms with van der Waals surface area (Å²) in [6.07, 6.45) is -1.87. The van der Waals surface area contributed by atoms with Crippen molar-refractivity contribution in [2.24, 2.45) is 0 Å². The van der Waals surface area contributed by atoms with Crippen molar-refractivity contribution >= 4 is 17.7 Å². The number of anilines is 1. The second kappa shape index (κ2) is 8.87. The van der Waals surface area contributed by atoms with Crippen LogP contribution in [0.4, 0.5) is 14.9 Å². The summed E-state index contributed by atoms with van der Waals surface area (Å²) < 4.78 is 29.3. The highest BCUT2D eigenvalue weighted by atomic mass is 19.1. The molecule has 158 valence electrons. The number of rotatable bonds is 6. The summed E-state index contributed by atoms with van der Waals surface area (Å²) in [4.78, 5) is 26.2. The van der Waals surface area contributed by atoms with Crippen LogP contribution in [-0.4, -0.2) is 25.3 Å². The van der Waals surface area contributed by atoms with Crippen LogP contribution in [0.2, 0.25) is 0 Å². The lowest BCUT2D eigenvalue weighted by atomic mass is 10.00. The summed E-state index contributed by atoms with van der Waals surface area (Å²) in [7, 11) is 1.23. The Kier molecular flexibility index (Phi) is 5.84. The first-order valence-corrected chi connectivity index (χ1v) is 9.67. The van der Waals surface area contributed by atoms with Crippen molar-refractivity contribution < 1.29 is 28.2 Å². The van der Waals surface area contributed by atoms with Gasteiger partial charge < -0.3 is 14.2 Å². The van der Waals surface area contributed by atoms with E-state index in [1.165, 1.54) is 36.3 Å². The van der Waals surface area contributed by atoms with Gasteiger partial charge in [-0.2, -0.15) is 0 Å². The van der Waals surface area contributed by atoms with Crippen LogP contribution in [0.5, 0.6) is 5.75 Å². The Morgan fingerprint density at radius 2 is 1.68 bits per heavy atom. The molecule has 0 spiro atoms. The number of halogens is 1. The fourth-order valence-corrected chi connectivity index (χ4v) is 3.47. The highest BCUT2D eigenvalue weighted by Crippen LogP contribution is 2.38. The molecule has 4 rings (SSSR count). The average Bonchev–Trinajstić information content (AvgIpc) is 3.16. The summed E-state index contributed by atoms with van der Waals surface area (Å²) in [6.45, 7) is 0.414. The van der Waals surface area contributed by atoms with Gasteiger partial charge in [0.05, 0.1) is 7.11 Å². The number of hydrogen-bond donors (Lipinski definition) is 0. The van der Waals surface area contributed by atoms with E-state index in [9.17, 15) is 14.0 Å². The van der Waals surface area contributed by atoms with Crippen molar-refractivity contribution in [1.82, 2.24) is 0 Å². The van der Waals surface area contributed by atoms with E-state index in [0.717, 1.165) is 5.56 Å². The number of carbonyl (C=O) groups is 2. The number of esters is 1. The predicted molar refractivity (Wildman–Crippen MR) is 111 cm³/mol. The normalized spacial score (nSPS) is 17.9. The van der Waals surface area contributed by atoms with E-state index in [1.54, 1.807) is 24.3 Å². The number of hydrogen-bond acceptors (Lipinski definition) is 5. The van der Waals surface area contributed by atoms with Crippen molar-refractivity contribution in [3.05, 3.63) is 95.8 Å². The molecule has 7 heteroatoms. The molecule has 0 aromatic heterocycles. The molecule has 1 aliphatic rings. The third-order valence-electron chi connectivity index (χ3n) is 5.00. The Labute approximate surface area is 178 Å². The first kappa shape index (κ1) is 20.4. The third-order valence-corrected chi connectivity index (χ3v) is 5.00. The van der Waals surface area contributed by atoms with Crippen LogP contribution < -0.4 is 9.64 Å². The SMILES string of the molecule is COC(=O)[C@H]1OC(=O)N(c2ccc(F)cc2)[C@@H]1c1ccc(OCc2ccccc2)cc1. The molecule has 0 aliphatic carbocycles. The van der Waals surface area contributed by atoms with E-state index in [2.05, 4.69) is 0 Å². The van der Waals surface area contributed by atoms with Gasteiger partial charge in [0.25, 0.3) is 0 Å². The summed E-state index contributed by atoms with van der Waals surface area (Å²) in [6, 6.07) is 21.4. The van der Waals surface area contributed by atoms with E-state index in [-0.39, 0.29) is 0 Å². The Morgan fingerprint density at radius 3 is 2.32 bits per heavy atom. The fourth-order valence-electron chi connectivity index (χ4n) is 3.47. The molecule has 0 unspecified atom stereocenters. The van der Waals surface area contributed by atoms with Crippen molar-refractivity contribution in [1.29, 1.82) is 0 Å². The third kappa shape index (κ3) is 4.35. The standard InChI is InChI=1S/C24H20FNO5/c1-29-23(27)22-21(26(24(28)31-22)19-11-9-18(25)10-12-19)17-7-13-20(14-8-17)30-15-16-5-3-2-4-6-16/h2-14,21-22H,15H2,1H3/t21-,22+/m1/s1. The van der Waals surface area contributed by atoms with Gasteiger partial charge in [0, 0.05) is 5.69 Å². The summed E-state index contributed by atoms with van der Waals surface area (Å²) >= 11 is 0. The second-order valence-electron chi connectivity index (χ2n) is 6.96. The number of methoxy groups -OCH3 is 1. The number of nitrogens with zero attached hydrogens (tertiary/aromatic N) is 1. The lowest BCUT2D eigenvalue weighted by Crippen LogP contribution is -2.33. The average molecular weight is 421 g/mol. The van der Waals surface area contributed by atoms with Gasteiger partial charge in [-0.1, -0.05) is 42.5 Å². The lowest BCUT2D eigenvalue weighted by Gasteiger charge is -2.24. The molecule has 1 saturated heterocycles. The zero-order valence-corrected chi connectivity index (χ0v) is 16.7. The second-order valence-corrected chi connectivity index (χ2v) is 6.96. The molecular weight excluding hydrogens is 401 g/mol. The number of benzene rings is 3. The first-order valence-electron chi connectivity index (χ1n) is 9.67. The molecule has 0 bridgehead atoms. The Balaban J connectivity index is 1.60. The smallest absolute Gasteiger partial charge is 0.415 e. The lowest BCUT2D eigenvalue weighted by molar-refractivity contribution is -0.149. The summed E-state index contributed by atoms with van der Waals surface area (Å²) in [5, 5.41) is 0. The number of amides is 1. The molecule has 0 radical (unpaired) electrons. The molecule has 3 aromatic carbocycles. The number of carbonyl (C=O) groups excluding carboxylic acids is 2. The zero-order valence-electron chi connectivity index (χ0n) is 16.7. The van der Waals surface area contributed by atoms with E-state index >= 15 is 0 Å². The van der Waals surface area contributed by atoms with Crippen molar-refractivity contribution in [3.63, 3.8) is 0 Å². The van der Waals surface area contributed by atoms with Gasteiger partial charge in [0.2, 0.25) is 6.10 Å². The molecule has 1 fully saturated rings. The van der Waals surface area contributed by atoms with E-state index < -0.39 is 30.0 Å². The van der Waals surface area contributed by atoms with Gasteiger partial charge in [-0.3, -0.25) is 4.90 Å². The van der Waals surface area contributed by atoms with Gasteiger partial charge in [-0.25, -0.2) is 14.0 Å². The number of cyclic esters (lactones) is 1. The quantitative estimate of drug-likeness (QED) is 0.543. The minimum absolute atomic E-state index is 0.409. The Bertz CT molecular complexity index is 1050. The van der Waals surface area contributed by atoms with Crippen LogP contribution in [-0.2, 0) is 20.9 Å². The maximum Gasteiger partial charge on any atom is 0.415 e. The molecule has 0 saturated carbocycles. The molecule has 1 aliphatic heterocycles. The van der Waals surface area contributed by atoms with Crippen molar-refractivity contribution in [2.75, 3.05) is 12.0 Å². The highest BCUT2D eigenvalue weighted by Gasteiger charge is 2.48. The molecule has 1 amide bonds. The molecule has 6 nitrogen and oxygen atoms in total. The maximum absolute atomic E-state index is 13.4. The van der Waals surface area contributed by atoms with E-state index in [0.29, 0.717) is 23.6 Å². The largest absolute Gasteiger partial charge is 0.489 e. The van der Waals surface area contributed by atoms with Crippen LogP contribution in [0.25, 0.3) is 0 Å². The predicted octanol–water partition coefficient (Wildman–Crippen LogP) is 4.64. The maximum atomic E-state index is 13.4. The van der Waals surface area contributed by atoms with E-state index in [1.807, 2.05) is 30.3 Å². The molecule has 2 atom stereocenters. The molecule has 1 heterocycles. The van der Waals surface area contributed by atoms with Gasteiger partial charge in [-0.15, -0.1) is 0 Å². The monoisotopic (exact) mass is 421 g/mol. The van der Waals surface area contributed by atoms with Gasteiger partial charge in [0.1, 0.15) is 24.2 Å². The summed E-state index contributed by atoms with van der Waals surface area (Å²) in [5.74, 6) is -0.467. The fraction of sp³-hybridized carbons (Fsp3) is 0.167. The van der Waals surface area contributed by atoms with Gasteiger partial charge in [-0.05, 0) is 47.5 Å². The highest BCUT2D eigenvalue weighted by molar-refractivity contribution is 5.95. The van der Waals surface area contributed by atoms with Crippen molar-refractivity contribution in [2.45, 2.75) is 18.8 Å². The van der Waals surface area contributed by atoms with Crippen LogP contribution in [0, 0.1) is 5.82 Å². The number of ether oxygens (including phenoxy) is 3. The van der Waals surface area contributed by atoms with Gasteiger partial charge in [0.15, 0.2) is 0 Å². The van der Waals surface area contributed by atoms with Crippen LogP contribution in [0.3, 0.4) is 0 Å². The Hall–Kier alpha value is -3.87. The minimum atomic E-state index is -1.15. The first-order chi connectivity index (χ1) is 15.1. The topological polar surface area (TPSA) is 65.1 Å². The molecular formula is C24H20FNO5. The zero-order chi connectivity index (χ0) is 21.8. The van der Waals surface area contributed by atoms with Gasteiger partial charge >= 0.3 is 12.1 Å². The molecule has 31 heavy (non-hydrogen) atoms.